The number of nitrogens with one attached hydrogen (secondary N) is 2. The molecule has 1 aromatic rings. The number of ether oxygens (including phenoxy) is 3. The van der Waals surface area contributed by atoms with Gasteiger partial charge in [-0.15, -0.1) is 0 Å². The molecule has 1 rings (SSSR count). The molecule has 34 heavy (non-hydrogen) atoms. The van der Waals surface area contributed by atoms with Gasteiger partial charge < -0.3 is 14.2 Å². The van der Waals surface area contributed by atoms with Crippen molar-refractivity contribution in [3.63, 3.8) is 0 Å². The summed E-state index contributed by atoms with van der Waals surface area (Å²) in [6.07, 6.45) is 14.8. The molecule has 2 N–H and O–H groups in total. The summed E-state index contributed by atoms with van der Waals surface area (Å²) in [5.41, 5.74) is 5.80. The minimum absolute atomic E-state index is 0.0493. The van der Waals surface area contributed by atoms with E-state index in [9.17, 15) is 0 Å². The van der Waals surface area contributed by atoms with Crippen LogP contribution in [0.15, 0.2) is 64.8 Å². The standard InChI is InChI=1S/C29H42N2O3/c1-21(2)11-8-12-22(3)13-9-14-23(4)15-10-16-24(5)19-28(30)34-29(31)25-17-18-26(32-6)27(20-25)33-7/h11,13,15,17-20,30-31H,8-10,12,14,16H2,1-7H3/b22-13+,23-15+,24-19+,30-28?,31-29?. The molecule has 186 valence electrons. The van der Waals surface area contributed by atoms with Crippen LogP contribution in [0.5, 0.6) is 11.5 Å². The highest BCUT2D eigenvalue weighted by Crippen LogP contribution is 2.27. The summed E-state index contributed by atoms with van der Waals surface area (Å²) in [6, 6.07) is 5.09. The summed E-state index contributed by atoms with van der Waals surface area (Å²) in [5.74, 6) is 0.948. The topological polar surface area (TPSA) is 75.4 Å². The third kappa shape index (κ3) is 11.7. The second-order valence-corrected chi connectivity index (χ2v) is 8.85. The SMILES string of the molecule is COc1ccc(C(=N)OC(=N)/C=C(\C)CC/C=C(\C)CC/C=C(\C)CCC=C(C)C)cc1OC. The van der Waals surface area contributed by atoms with Crippen LogP contribution < -0.4 is 9.47 Å². The van der Waals surface area contributed by atoms with Gasteiger partial charge in [-0.25, -0.2) is 0 Å². The van der Waals surface area contributed by atoms with Gasteiger partial charge in [-0.2, -0.15) is 0 Å². The number of benzene rings is 1. The molecule has 0 unspecified atom stereocenters. The van der Waals surface area contributed by atoms with Gasteiger partial charge in [0.1, 0.15) is 0 Å². The quantitative estimate of drug-likeness (QED) is 0.175. The van der Waals surface area contributed by atoms with Crippen molar-refractivity contribution in [2.75, 3.05) is 14.2 Å². The molecular weight excluding hydrogens is 424 g/mol. The Morgan fingerprint density at radius 2 is 1.26 bits per heavy atom. The molecule has 0 saturated heterocycles. The molecule has 0 radical (unpaired) electrons. The Kier molecular flexibility index (Phi) is 13.4. The molecule has 0 saturated carbocycles. The maximum atomic E-state index is 8.14. The Balaban J connectivity index is 2.47. The molecule has 1 aromatic carbocycles. The van der Waals surface area contributed by atoms with Crippen LogP contribution in [0.25, 0.3) is 0 Å². The molecule has 0 bridgehead atoms. The summed E-state index contributed by atoms with van der Waals surface area (Å²) < 4.78 is 15.9. The van der Waals surface area contributed by atoms with E-state index in [1.54, 1.807) is 38.5 Å². The van der Waals surface area contributed by atoms with Gasteiger partial charge in [-0.1, -0.05) is 40.5 Å². The first-order chi connectivity index (χ1) is 16.2. The van der Waals surface area contributed by atoms with Crippen LogP contribution in [0.3, 0.4) is 0 Å². The summed E-state index contributed by atoms with van der Waals surface area (Å²) >= 11 is 0. The van der Waals surface area contributed by atoms with Crippen molar-refractivity contribution in [2.24, 2.45) is 0 Å². The minimum Gasteiger partial charge on any atom is -0.493 e. The van der Waals surface area contributed by atoms with Crippen molar-refractivity contribution in [3.8, 4) is 11.5 Å². The number of hydrogen-bond acceptors (Lipinski definition) is 5. The number of allylic oxidation sites excluding steroid dienone is 7. The average Bonchev–Trinajstić information content (AvgIpc) is 2.78. The zero-order chi connectivity index (χ0) is 25.5. The van der Waals surface area contributed by atoms with Crippen LogP contribution in [0, 0.1) is 10.8 Å². The van der Waals surface area contributed by atoms with E-state index in [0.717, 1.165) is 44.1 Å². The molecule has 5 nitrogen and oxygen atoms in total. The van der Waals surface area contributed by atoms with E-state index in [2.05, 4.69) is 45.9 Å². The van der Waals surface area contributed by atoms with Gasteiger partial charge in [-0.05, 0) is 97.4 Å². The Morgan fingerprint density at radius 1 is 0.735 bits per heavy atom. The minimum atomic E-state index is -0.102. The second kappa shape index (κ2) is 15.7. The zero-order valence-corrected chi connectivity index (χ0v) is 22.0. The van der Waals surface area contributed by atoms with E-state index in [1.807, 2.05) is 6.92 Å². The molecule has 0 amide bonds. The fourth-order valence-electron chi connectivity index (χ4n) is 3.36. The summed E-state index contributed by atoms with van der Waals surface area (Å²) in [6.45, 7) is 10.7. The van der Waals surface area contributed by atoms with E-state index in [0.29, 0.717) is 17.1 Å². The molecule has 0 aliphatic rings. The summed E-state index contributed by atoms with van der Waals surface area (Å²) in [4.78, 5) is 0. The highest BCUT2D eigenvalue weighted by molar-refractivity contribution is 6.02. The lowest BCUT2D eigenvalue weighted by molar-refractivity contribution is 0.354. The predicted molar refractivity (Wildman–Crippen MR) is 144 cm³/mol. The van der Waals surface area contributed by atoms with Crippen molar-refractivity contribution < 1.29 is 14.2 Å². The van der Waals surface area contributed by atoms with Gasteiger partial charge in [0.25, 0.3) is 0 Å². The van der Waals surface area contributed by atoms with E-state index in [-0.39, 0.29) is 11.8 Å². The second-order valence-electron chi connectivity index (χ2n) is 8.85. The Labute approximate surface area is 206 Å². The maximum absolute atomic E-state index is 8.14. The first-order valence-electron chi connectivity index (χ1n) is 11.8. The normalized spacial score (nSPS) is 12.3. The summed E-state index contributed by atoms with van der Waals surface area (Å²) in [5, 5.41) is 16.2. The van der Waals surface area contributed by atoms with Gasteiger partial charge in [0.2, 0.25) is 11.8 Å². The van der Waals surface area contributed by atoms with Crippen molar-refractivity contribution in [1.82, 2.24) is 0 Å². The lowest BCUT2D eigenvalue weighted by Gasteiger charge is -2.11. The molecule has 0 atom stereocenters. The van der Waals surface area contributed by atoms with E-state index in [1.165, 1.54) is 16.7 Å². The molecule has 0 aliphatic carbocycles. The first-order valence-corrected chi connectivity index (χ1v) is 11.8. The molecule has 0 fully saturated rings. The Morgan fingerprint density at radius 3 is 1.79 bits per heavy atom. The predicted octanol–water partition coefficient (Wildman–Crippen LogP) is 8.17. The molecule has 0 heterocycles. The zero-order valence-electron chi connectivity index (χ0n) is 22.0. The summed E-state index contributed by atoms with van der Waals surface area (Å²) in [7, 11) is 3.10. The molecule has 0 aliphatic heterocycles. The maximum Gasteiger partial charge on any atom is 0.221 e. The van der Waals surface area contributed by atoms with Crippen molar-refractivity contribution >= 4 is 11.8 Å². The van der Waals surface area contributed by atoms with E-state index in [4.69, 9.17) is 25.0 Å². The number of rotatable bonds is 13. The Hall–Kier alpha value is -3.08. The van der Waals surface area contributed by atoms with E-state index >= 15 is 0 Å². The first kappa shape index (κ1) is 29.0. The largest absolute Gasteiger partial charge is 0.493 e. The van der Waals surface area contributed by atoms with Crippen LogP contribution in [-0.2, 0) is 4.74 Å². The fraction of sp³-hybridized carbons (Fsp3) is 0.448. The third-order valence-electron chi connectivity index (χ3n) is 5.39. The molecular formula is C29H42N2O3. The van der Waals surface area contributed by atoms with Gasteiger partial charge >= 0.3 is 0 Å². The van der Waals surface area contributed by atoms with Crippen LogP contribution in [0.4, 0.5) is 0 Å². The van der Waals surface area contributed by atoms with Gasteiger partial charge in [0.05, 0.1) is 14.2 Å². The molecule has 5 heteroatoms. The smallest absolute Gasteiger partial charge is 0.221 e. The third-order valence-corrected chi connectivity index (χ3v) is 5.39. The van der Waals surface area contributed by atoms with Gasteiger partial charge in [0, 0.05) is 5.56 Å². The van der Waals surface area contributed by atoms with Crippen molar-refractivity contribution in [2.45, 2.75) is 73.1 Å². The van der Waals surface area contributed by atoms with Crippen LogP contribution in [0.1, 0.15) is 78.7 Å². The Bertz CT molecular complexity index is 948. The van der Waals surface area contributed by atoms with Crippen molar-refractivity contribution in [1.29, 1.82) is 10.8 Å². The lowest BCUT2D eigenvalue weighted by Crippen LogP contribution is -2.10. The van der Waals surface area contributed by atoms with E-state index < -0.39 is 0 Å². The fourth-order valence-corrected chi connectivity index (χ4v) is 3.36. The van der Waals surface area contributed by atoms with Crippen molar-refractivity contribution in [3.05, 3.63) is 70.4 Å². The van der Waals surface area contributed by atoms with Crippen LogP contribution >= 0.6 is 0 Å². The highest BCUT2D eigenvalue weighted by Gasteiger charge is 2.10. The average molecular weight is 467 g/mol. The lowest BCUT2D eigenvalue weighted by atomic mass is 10.0. The highest BCUT2D eigenvalue weighted by atomic mass is 16.5. The monoisotopic (exact) mass is 466 g/mol. The van der Waals surface area contributed by atoms with Gasteiger partial charge in [-0.3, -0.25) is 10.8 Å². The number of methoxy groups -OCH3 is 2. The van der Waals surface area contributed by atoms with Gasteiger partial charge in [0.15, 0.2) is 11.5 Å². The van der Waals surface area contributed by atoms with Crippen LogP contribution in [-0.4, -0.2) is 26.0 Å². The molecule has 0 spiro atoms. The number of hydrogen-bond donors (Lipinski definition) is 2. The molecule has 0 aromatic heterocycles. The van der Waals surface area contributed by atoms with Crippen LogP contribution in [0.2, 0.25) is 0 Å².